The van der Waals surface area contributed by atoms with Crippen LogP contribution in [0.5, 0.6) is 0 Å². The van der Waals surface area contributed by atoms with Gasteiger partial charge in [-0.3, -0.25) is 19.7 Å². The second kappa shape index (κ2) is 5.60. The number of piperazine rings is 1. The van der Waals surface area contributed by atoms with Crippen LogP contribution >= 0.6 is 0 Å². The molecule has 1 unspecified atom stereocenters. The third kappa shape index (κ3) is 3.62. The standard InChI is InChI=1S/C10H17N3O3/c1-7(4-11)2-3-10(16)13-5-8(14)12-9(15)6-13/h7H,2-6,11H2,1H3,(H,12,14,15). The highest BCUT2D eigenvalue weighted by Gasteiger charge is 2.25. The quantitative estimate of drug-likeness (QED) is 0.593. The molecule has 1 aliphatic heterocycles. The maximum absolute atomic E-state index is 11.7. The van der Waals surface area contributed by atoms with Crippen LogP contribution in [0.4, 0.5) is 0 Å². The van der Waals surface area contributed by atoms with E-state index < -0.39 is 11.8 Å². The van der Waals surface area contributed by atoms with Crippen molar-refractivity contribution in [3.63, 3.8) is 0 Å². The Bertz CT molecular complexity index is 288. The van der Waals surface area contributed by atoms with Gasteiger partial charge in [0.1, 0.15) is 13.1 Å². The lowest BCUT2D eigenvalue weighted by Gasteiger charge is -2.25. The molecule has 1 atom stereocenters. The Morgan fingerprint density at radius 1 is 1.44 bits per heavy atom. The molecule has 90 valence electrons. The summed E-state index contributed by atoms with van der Waals surface area (Å²) in [5.74, 6) is -0.727. The third-order valence-corrected chi connectivity index (χ3v) is 2.55. The molecule has 6 heteroatoms. The van der Waals surface area contributed by atoms with E-state index in [0.717, 1.165) is 0 Å². The van der Waals surface area contributed by atoms with Crippen LogP contribution in [0.15, 0.2) is 0 Å². The van der Waals surface area contributed by atoms with Gasteiger partial charge >= 0.3 is 0 Å². The Kier molecular flexibility index (Phi) is 4.42. The monoisotopic (exact) mass is 227 g/mol. The maximum Gasteiger partial charge on any atom is 0.246 e. The fourth-order valence-electron chi connectivity index (χ4n) is 1.46. The molecule has 16 heavy (non-hydrogen) atoms. The Labute approximate surface area is 94.2 Å². The van der Waals surface area contributed by atoms with Crippen LogP contribution < -0.4 is 11.1 Å². The number of imide groups is 1. The molecule has 6 nitrogen and oxygen atoms in total. The fourth-order valence-corrected chi connectivity index (χ4v) is 1.46. The molecule has 1 heterocycles. The smallest absolute Gasteiger partial charge is 0.246 e. The summed E-state index contributed by atoms with van der Waals surface area (Å²) < 4.78 is 0. The molecule has 1 rings (SSSR count). The van der Waals surface area contributed by atoms with E-state index in [4.69, 9.17) is 5.73 Å². The fraction of sp³-hybridized carbons (Fsp3) is 0.700. The predicted molar refractivity (Wildman–Crippen MR) is 57.2 cm³/mol. The molecule has 0 aromatic rings. The van der Waals surface area contributed by atoms with E-state index in [1.165, 1.54) is 4.90 Å². The summed E-state index contributed by atoms with van der Waals surface area (Å²) in [6.07, 6.45) is 1.01. The first kappa shape index (κ1) is 12.6. The van der Waals surface area contributed by atoms with Crippen LogP contribution in [0.1, 0.15) is 19.8 Å². The van der Waals surface area contributed by atoms with Crippen molar-refractivity contribution in [1.29, 1.82) is 0 Å². The first-order valence-corrected chi connectivity index (χ1v) is 5.33. The molecule has 0 saturated carbocycles. The highest BCUT2D eigenvalue weighted by molar-refractivity contribution is 6.02. The van der Waals surface area contributed by atoms with Gasteiger partial charge in [0.2, 0.25) is 17.7 Å². The van der Waals surface area contributed by atoms with Gasteiger partial charge in [-0.15, -0.1) is 0 Å². The number of nitrogens with two attached hydrogens (primary N) is 1. The van der Waals surface area contributed by atoms with Gasteiger partial charge in [-0.25, -0.2) is 0 Å². The molecule has 3 amide bonds. The number of amides is 3. The van der Waals surface area contributed by atoms with Crippen LogP contribution in [-0.4, -0.2) is 42.3 Å². The van der Waals surface area contributed by atoms with Crippen LogP contribution in [-0.2, 0) is 14.4 Å². The van der Waals surface area contributed by atoms with Crippen LogP contribution in [0, 0.1) is 5.92 Å². The summed E-state index contributed by atoms with van der Waals surface area (Å²) in [7, 11) is 0. The summed E-state index contributed by atoms with van der Waals surface area (Å²) >= 11 is 0. The molecular weight excluding hydrogens is 210 g/mol. The molecule has 0 aliphatic carbocycles. The average Bonchev–Trinajstić information content (AvgIpc) is 2.23. The zero-order valence-electron chi connectivity index (χ0n) is 9.36. The van der Waals surface area contributed by atoms with Gasteiger partial charge in [0.25, 0.3) is 0 Å². The Balaban J connectivity index is 2.41. The van der Waals surface area contributed by atoms with Crippen LogP contribution in [0.2, 0.25) is 0 Å². The number of nitrogens with zero attached hydrogens (tertiary/aromatic N) is 1. The predicted octanol–water partition coefficient (Wildman–Crippen LogP) is -1.15. The van der Waals surface area contributed by atoms with Gasteiger partial charge in [0, 0.05) is 6.42 Å². The van der Waals surface area contributed by atoms with Gasteiger partial charge in [-0.05, 0) is 18.9 Å². The number of nitrogens with one attached hydrogen (secondary N) is 1. The van der Waals surface area contributed by atoms with Crippen LogP contribution in [0.3, 0.4) is 0 Å². The second-order valence-corrected chi connectivity index (χ2v) is 4.10. The SMILES string of the molecule is CC(CN)CCC(=O)N1CC(=O)NC(=O)C1. The van der Waals surface area contributed by atoms with E-state index >= 15 is 0 Å². The molecule has 0 aromatic heterocycles. The molecule has 1 aliphatic rings. The van der Waals surface area contributed by atoms with E-state index in [9.17, 15) is 14.4 Å². The minimum atomic E-state index is -0.420. The summed E-state index contributed by atoms with van der Waals surface area (Å²) in [5.41, 5.74) is 5.44. The van der Waals surface area contributed by atoms with Gasteiger partial charge in [0.05, 0.1) is 0 Å². The van der Waals surface area contributed by atoms with Crippen molar-refractivity contribution in [3.05, 3.63) is 0 Å². The van der Waals surface area contributed by atoms with Crippen molar-refractivity contribution < 1.29 is 14.4 Å². The zero-order valence-corrected chi connectivity index (χ0v) is 9.36. The van der Waals surface area contributed by atoms with Crippen molar-refractivity contribution >= 4 is 17.7 Å². The normalized spacial score (nSPS) is 18.2. The van der Waals surface area contributed by atoms with E-state index in [2.05, 4.69) is 5.32 Å². The van der Waals surface area contributed by atoms with Gasteiger partial charge in [-0.1, -0.05) is 6.92 Å². The summed E-state index contributed by atoms with van der Waals surface area (Å²) in [5, 5.41) is 2.15. The lowest BCUT2D eigenvalue weighted by molar-refractivity contribution is -0.145. The summed E-state index contributed by atoms with van der Waals surface area (Å²) in [6, 6.07) is 0. The first-order chi connectivity index (χ1) is 7.52. The Morgan fingerprint density at radius 3 is 2.50 bits per heavy atom. The molecule has 3 N–H and O–H groups in total. The lowest BCUT2D eigenvalue weighted by atomic mass is 10.1. The van der Waals surface area contributed by atoms with Gasteiger partial charge in [-0.2, -0.15) is 0 Å². The van der Waals surface area contributed by atoms with Crippen molar-refractivity contribution in [3.8, 4) is 0 Å². The van der Waals surface area contributed by atoms with Crippen molar-refractivity contribution in [2.24, 2.45) is 11.7 Å². The van der Waals surface area contributed by atoms with Gasteiger partial charge in [0.15, 0.2) is 0 Å². The molecule has 0 aromatic carbocycles. The third-order valence-electron chi connectivity index (χ3n) is 2.55. The largest absolute Gasteiger partial charge is 0.330 e. The number of carbonyl (C=O) groups excluding carboxylic acids is 3. The van der Waals surface area contributed by atoms with Crippen molar-refractivity contribution in [2.75, 3.05) is 19.6 Å². The van der Waals surface area contributed by atoms with Gasteiger partial charge < -0.3 is 10.6 Å². The molecule has 0 spiro atoms. The van der Waals surface area contributed by atoms with E-state index in [0.29, 0.717) is 19.4 Å². The minimum Gasteiger partial charge on any atom is -0.330 e. The molecule has 0 radical (unpaired) electrons. The number of hydrogen-bond acceptors (Lipinski definition) is 4. The minimum absolute atomic E-state index is 0.0262. The second-order valence-electron chi connectivity index (χ2n) is 4.10. The van der Waals surface area contributed by atoms with E-state index in [1.54, 1.807) is 0 Å². The molecule has 0 bridgehead atoms. The highest BCUT2D eigenvalue weighted by Crippen LogP contribution is 2.07. The number of rotatable bonds is 4. The molecule has 1 saturated heterocycles. The lowest BCUT2D eigenvalue weighted by Crippen LogP contribution is -2.53. The van der Waals surface area contributed by atoms with Crippen molar-refractivity contribution in [1.82, 2.24) is 10.2 Å². The Morgan fingerprint density at radius 2 is 2.00 bits per heavy atom. The van der Waals surface area contributed by atoms with Crippen molar-refractivity contribution in [2.45, 2.75) is 19.8 Å². The topological polar surface area (TPSA) is 92.5 Å². The summed E-state index contributed by atoms with van der Waals surface area (Å²) in [4.78, 5) is 35.0. The van der Waals surface area contributed by atoms with E-state index in [-0.39, 0.29) is 24.9 Å². The molecular formula is C10H17N3O3. The Hall–Kier alpha value is -1.43. The van der Waals surface area contributed by atoms with E-state index in [1.807, 2.05) is 6.92 Å². The average molecular weight is 227 g/mol. The first-order valence-electron chi connectivity index (χ1n) is 5.33. The molecule has 1 fully saturated rings. The maximum atomic E-state index is 11.7. The highest BCUT2D eigenvalue weighted by atomic mass is 16.2. The number of hydrogen-bond donors (Lipinski definition) is 2. The van der Waals surface area contributed by atoms with Crippen LogP contribution in [0.25, 0.3) is 0 Å². The zero-order chi connectivity index (χ0) is 12.1. The summed E-state index contributed by atoms with van der Waals surface area (Å²) in [6.45, 7) is 2.44. The number of carbonyl (C=O) groups is 3.